The van der Waals surface area contributed by atoms with Gasteiger partial charge in [-0.1, -0.05) is 13.3 Å². The van der Waals surface area contributed by atoms with Gasteiger partial charge in [-0.25, -0.2) is 4.98 Å². The Morgan fingerprint density at radius 3 is 2.96 bits per heavy atom. The number of halogens is 1. The number of nitrogens with one attached hydrogen (secondary N) is 1. The predicted molar refractivity (Wildman–Crippen MR) is 92.7 cm³/mol. The van der Waals surface area contributed by atoms with Crippen LogP contribution in [0.4, 0.5) is 11.8 Å². The lowest BCUT2D eigenvalue weighted by atomic mass is 9.98. The molecule has 0 spiro atoms. The van der Waals surface area contributed by atoms with Crippen LogP contribution in [-0.4, -0.2) is 48.7 Å². The molecular weight excluding hydrogens is 318 g/mol. The van der Waals surface area contributed by atoms with Crippen LogP contribution >= 0.6 is 12.4 Å². The summed E-state index contributed by atoms with van der Waals surface area (Å²) in [7, 11) is 1.60. The molecule has 0 aliphatic carbocycles. The van der Waals surface area contributed by atoms with Crippen LogP contribution in [0.25, 0.3) is 0 Å². The van der Waals surface area contributed by atoms with E-state index in [4.69, 9.17) is 10.5 Å². The molecule has 2 heterocycles. The second kappa shape index (κ2) is 9.52. The molecule has 1 aromatic rings. The predicted octanol–water partition coefficient (Wildman–Crippen LogP) is 1.24. The number of anilines is 2. The summed E-state index contributed by atoms with van der Waals surface area (Å²) in [5.41, 5.74) is 5.66. The van der Waals surface area contributed by atoms with Crippen LogP contribution in [0.3, 0.4) is 0 Å². The zero-order valence-electron chi connectivity index (χ0n) is 13.7. The number of nitrogens with two attached hydrogens (primary N) is 1. The van der Waals surface area contributed by atoms with E-state index in [0.717, 1.165) is 31.7 Å². The van der Waals surface area contributed by atoms with Crippen LogP contribution in [0, 0.1) is 5.92 Å². The van der Waals surface area contributed by atoms with Crippen molar-refractivity contribution in [3.63, 3.8) is 0 Å². The molecule has 1 amide bonds. The second-order valence-corrected chi connectivity index (χ2v) is 5.64. The topological polar surface area (TPSA) is 93.4 Å². The van der Waals surface area contributed by atoms with Gasteiger partial charge in [0.2, 0.25) is 11.9 Å². The number of aromatic nitrogens is 2. The lowest BCUT2D eigenvalue weighted by molar-refractivity contribution is -0.122. The molecule has 1 aliphatic rings. The van der Waals surface area contributed by atoms with E-state index in [9.17, 15) is 4.79 Å². The minimum atomic E-state index is 0. The molecule has 0 unspecified atom stereocenters. The zero-order chi connectivity index (χ0) is 15.9. The molecule has 2 atom stereocenters. The summed E-state index contributed by atoms with van der Waals surface area (Å²) < 4.78 is 4.95. The average Bonchev–Trinajstić information content (AvgIpc) is 2.88. The maximum atomic E-state index is 11.9. The van der Waals surface area contributed by atoms with E-state index in [2.05, 4.69) is 27.1 Å². The summed E-state index contributed by atoms with van der Waals surface area (Å²) in [6.45, 7) is 4.23. The summed E-state index contributed by atoms with van der Waals surface area (Å²) in [5.74, 6) is 1.56. The maximum Gasteiger partial charge on any atom is 0.222 e. The monoisotopic (exact) mass is 343 g/mol. The quantitative estimate of drug-likeness (QED) is 0.773. The first-order valence-electron chi connectivity index (χ1n) is 7.75. The van der Waals surface area contributed by atoms with Gasteiger partial charge in [0.25, 0.3) is 0 Å². The number of carbonyl (C=O) groups excluding carboxylic acids is 1. The van der Waals surface area contributed by atoms with E-state index in [1.807, 2.05) is 6.07 Å². The highest BCUT2D eigenvalue weighted by molar-refractivity contribution is 5.85. The van der Waals surface area contributed by atoms with Crippen molar-refractivity contribution in [1.29, 1.82) is 0 Å². The summed E-state index contributed by atoms with van der Waals surface area (Å²) >= 11 is 0. The van der Waals surface area contributed by atoms with Crippen molar-refractivity contribution in [2.45, 2.75) is 32.2 Å². The van der Waals surface area contributed by atoms with Gasteiger partial charge in [-0.2, -0.15) is 4.98 Å². The first kappa shape index (κ1) is 19.4. The van der Waals surface area contributed by atoms with Crippen molar-refractivity contribution in [3.05, 3.63) is 12.3 Å². The Bertz CT molecular complexity index is 503. The summed E-state index contributed by atoms with van der Waals surface area (Å²) in [5, 5.41) is 3.13. The van der Waals surface area contributed by atoms with Crippen LogP contribution in [0.5, 0.6) is 0 Å². The zero-order valence-corrected chi connectivity index (χ0v) is 14.5. The standard InChI is InChI=1S/C15H25N5O2.ClH/c1-3-4-11-9-20(13-5-7-17-15(16)19-13)10-12(11)18-14(21)6-8-22-2;/h5,7,11-12H,3-4,6,8-10H2,1-2H3,(H,18,21)(H2,16,17,19);1H/t11-,12-;/m0./s1. The Kier molecular flexibility index (Phi) is 8.05. The number of nitrogens with zero attached hydrogens (tertiary/aromatic N) is 3. The molecule has 0 bridgehead atoms. The Hall–Kier alpha value is -1.60. The van der Waals surface area contributed by atoms with Crippen molar-refractivity contribution in [1.82, 2.24) is 15.3 Å². The van der Waals surface area contributed by atoms with Crippen molar-refractivity contribution in [2.24, 2.45) is 5.92 Å². The van der Waals surface area contributed by atoms with Crippen LogP contribution in [0.1, 0.15) is 26.2 Å². The third kappa shape index (κ3) is 5.51. The van der Waals surface area contributed by atoms with Crippen LogP contribution in [0.15, 0.2) is 12.3 Å². The smallest absolute Gasteiger partial charge is 0.222 e. The van der Waals surface area contributed by atoms with Gasteiger partial charge in [-0.15, -0.1) is 12.4 Å². The van der Waals surface area contributed by atoms with Gasteiger partial charge in [0.1, 0.15) is 5.82 Å². The summed E-state index contributed by atoms with van der Waals surface area (Å²) in [6.07, 6.45) is 4.23. The second-order valence-electron chi connectivity index (χ2n) is 5.64. The fourth-order valence-corrected chi connectivity index (χ4v) is 2.90. The lowest BCUT2D eigenvalue weighted by Crippen LogP contribution is -2.41. The van der Waals surface area contributed by atoms with Crippen LogP contribution in [0.2, 0.25) is 0 Å². The molecule has 23 heavy (non-hydrogen) atoms. The third-order valence-electron chi connectivity index (χ3n) is 3.96. The molecule has 0 aromatic carbocycles. The first-order valence-corrected chi connectivity index (χ1v) is 7.75. The molecule has 7 nitrogen and oxygen atoms in total. The Morgan fingerprint density at radius 1 is 1.52 bits per heavy atom. The fourth-order valence-electron chi connectivity index (χ4n) is 2.90. The van der Waals surface area contributed by atoms with Crippen molar-refractivity contribution in [3.8, 4) is 0 Å². The maximum absolute atomic E-state index is 11.9. The molecule has 130 valence electrons. The third-order valence-corrected chi connectivity index (χ3v) is 3.96. The van der Waals surface area contributed by atoms with Crippen LogP contribution < -0.4 is 16.0 Å². The van der Waals surface area contributed by atoms with Crippen LogP contribution in [-0.2, 0) is 9.53 Å². The average molecular weight is 344 g/mol. The lowest BCUT2D eigenvalue weighted by Gasteiger charge is -2.19. The van der Waals surface area contributed by atoms with Crippen molar-refractivity contribution in [2.75, 3.05) is 37.4 Å². The van der Waals surface area contributed by atoms with Gasteiger partial charge in [-0.05, 0) is 18.4 Å². The minimum absolute atomic E-state index is 0. The molecule has 8 heteroatoms. The molecule has 1 saturated heterocycles. The number of ether oxygens (including phenoxy) is 1. The van der Waals surface area contributed by atoms with E-state index < -0.39 is 0 Å². The summed E-state index contributed by atoms with van der Waals surface area (Å²) in [6, 6.07) is 1.99. The number of methoxy groups -OCH3 is 1. The molecule has 2 rings (SSSR count). The largest absolute Gasteiger partial charge is 0.384 e. The number of hydrogen-bond acceptors (Lipinski definition) is 6. The van der Waals surface area contributed by atoms with E-state index in [-0.39, 0.29) is 30.3 Å². The number of nitrogen functional groups attached to an aromatic ring is 1. The molecular formula is C15H26ClN5O2. The van der Waals surface area contributed by atoms with E-state index in [1.165, 1.54) is 0 Å². The van der Waals surface area contributed by atoms with Gasteiger partial charge in [0.15, 0.2) is 0 Å². The van der Waals surface area contributed by atoms with Gasteiger partial charge in [0, 0.05) is 32.8 Å². The fraction of sp³-hybridized carbons (Fsp3) is 0.667. The molecule has 0 radical (unpaired) electrons. The first-order chi connectivity index (χ1) is 10.6. The Morgan fingerprint density at radius 2 is 2.30 bits per heavy atom. The van der Waals surface area contributed by atoms with Crippen molar-refractivity contribution < 1.29 is 9.53 Å². The van der Waals surface area contributed by atoms with Gasteiger partial charge >= 0.3 is 0 Å². The Labute approximate surface area is 143 Å². The van der Waals surface area contributed by atoms with Gasteiger partial charge in [-0.3, -0.25) is 4.79 Å². The van der Waals surface area contributed by atoms with E-state index in [0.29, 0.717) is 18.9 Å². The molecule has 0 saturated carbocycles. The highest BCUT2D eigenvalue weighted by Crippen LogP contribution is 2.26. The Balaban J connectivity index is 0.00000264. The molecule has 1 aromatic heterocycles. The van der Waals surface area contributed by atoms with Gasteiger partial charge in [0.05, 0.1) is 12.6 Å². The van der Waals surface area contributed by atoms with E-state index in [1.54, 1.807) is 13.3 Å². The van der Waals surface area contributed by atoms with Gasteiger partial charge < -0.3 is 20.7 Å². The molecule has 1 aliphatic heterocycles. The number of amides is 1. The normalized spacial score (nSPS) is 20.2. The highest BCUT2D eigenvalue weighted by Gasteiger charge is 2.33. The summed E-state index contributed by atoms with van der Waals surface area (Å²) in [4.78, 5) is 22.3. The molecule has 1 fully saturated rings. The van der Waals surface area contributed by atoms with E-state index >= 15 is 0 Å². The SMILES string of the molecule is CCC[C@H]1CN(c2ccnc(N)n2)C[C@@H]1NC(=O)CCOC.Cl. The number of rotatable bonds is 7. The highest BCUT2D eigenvalue weighted by atomic mass is 35.5. The number of hydrogen-bond donors (Lipinski definition) is 2. The molecule has 3 N–H and O–H groups in total. The number of carbonyl (C=O) groups is 1. The van der Waals surface area contributed by atoms with Crippen molar-refractivity contribution >= 4 is 30.1 Å². The minimum Gasteiger partial charge on any atom is -0.384 e.